The van der Waals surface area contributed by atoms with Crippen LogP contribution in [0.1, 0.15) is 120 Å². The van der Waals surface area contributed by atoms with Crippen molar-refractivity contribution in [2.45, 2.75) is 199 Å². The summed E-state index contributed by atoms with van der Waals surface area (Å²) in [4.78, 5) is 211. The molecule has 0 bridgehead atoms. The number of carbonyl (C=O) groups is 16. The summed E-state index contributed by atoms with van der Waals surface area (Å²) in [5.41, 5.74) is 16.7. The Bertz CT molecular complexity index is 2680. The molecule has 2 aliphatic heterocycles. The van der Waals surface area contributed by atoms with Crippen molar-refractivity contribution in [2.24, 2.45) is 35.0 Å². The van der Waals surface area contributed by atoms with Gasteiger partial charge < -0.3 is 106 Å². The van der Waals surface area contributed by atoms with E-state index >= 15 is 0 Å². The topological polar surface area (TPSA) is 571 Å². The van der Waals surface area contributed by atoms with Gasteiger partial charge in [-0.3, -0.25) is 76.7 Å². The highest BCUT2D eigenvalue weighted by molar-refractivity contribution is 6.00. The van der Waals surface area contributed by atoms with Gasteiger partial charge in [0.25, 0.3) is 0 Å². The van der Waals surface area contributed by atoms with Crippen LogP contribution in [0.4, 0.5) is 0 Å². The number of primary amides is 2. The van der Waals surface area contributed by atoms with Crippen LogP contribution in [-0.4, -0.2) is 243 Å². The number of likely N-dealkylation sites (tertiary alicyclic amines) is 2. The molecule has 21 N–H and O–H groups in total. The van der Waals surface area contributed by atoms with E-state index < -0.39 is 231 Å². The van der Waals surface area contributed by atoms with Crippen LogP contribution < -0.4 is 75.7 Å². The Morgan fingerprint density at radius 2 is 0.859 bits per heavy atom. The van der Waals surface area contributed by atoms with Crippen molar-refractivity contribution in [2.75, 3.05) is 39.5 Å². The average Bonchev–Trinajstić information content (AvgIpc) is 1.72. The van der Waals surface area contributed by atoms with Crippen LogP contribution in [0.2, 0.25) is 0 Å². The van der Waals surface area contributed by atoms with E-state index in [1.165, 1.54) is 6.92 Å². The van der Waals surface area contributed by atoms with E-state index in [9.17, 15) is 97.1 Å². The van der Waals surface area contributed by atoms with Crippen LogP contribution in [0.5, 0.6) is 0 Å². The molecule has 0 aliphatic carbocycles. The van der Waals surface area contributed by atoms with Crippen LogP contribution in [0.25, 0.3) is 0 Å². The molecule has 0 saturated carbocycles. The molecule has 0 radical (unpaired) electrons. The van der Waals surface area contributed by atoms with Gasteiger partial charge in [0.2, 0.25) is 88.6 Å². The van der Waals surface area contributed by atoms with Crippen molar-refractivity contribution < 1.29 is 97.1 Å². The molecule has 2 saturated heterocycles. The fraction of sp³-hybridized carbons (Fsp3) is 0.714. The normalized spacial score (nSPS) is 18.1. The van der Waals surface area contributed by atoms with E-state index in [0.717, 1.165) is 23.6 Å². The lowest BCUT2D eigenvalue weighted by Gasteiger charge is -2.29. The zero-order chi connectivity index (χ0) is 70.0. The molecular formula is C56H94N16O20. The Morgan fingerprint density at radius 1 is 0.457 bits per heavy atom. The van der Waals surface area contributed by atoms with E-state index in [1.54, 1.807) is 27.7 Å². The molecule has 0 aromatic heterocycles. The highest BCUT2D eigenvalue weighted by Crippen LogP contribution is 2.21. The summed E-state index contributed by atoms with van der Waals surface area (Å²) in [6.45, 7) is 10.2. The monoisotopic (exact) mass is 1310 g/mol. The molecular weight excluding hydrogens is 1220 g/mol. The predicted molar refractivity (Wildman–Crippen MR) is 322 cm³/mol. The second-order valence-electron chi connectivity index (χ2n) is 23.7. The summed E-state index contributed by atoms with van der Waals surface area (Å²) >= 11 is 0. The number of hydrogen-bond acceptors (Lipinski definition) is 20. The first kappa shape index (κ1) is 79.5. The maximum absolute atomic E-state index is 13.7. The zero-order valence-electron chi connectivity index (χ0n) is 53.3. The molecule has 0 spiro atoms. The lowest BCUT2D eigenvalue weighted by atomic mass is 10.0. The van der Waals surface area contributed by atoms with E-state index in [4.69, 9.17) is 17.2 Å². The summed E-state index contributed by atoms with van der Waals surface area (Å²) in [6, 6.07) is -18.4. The number of carbonyl (C=O) groups excluding carboxylic acids is 15. The Kier molecular flexibility index (Phi) is 33.0. The summed E-state index contributed by atoms with van der Waals surface area (Å²) in [5, 5.41) is 65.6. The fourth-order valence-corrected chi connectivity index (χ4v) is 9.56. The number of nitrogens with two attached hydrogens (primary N) is 3. The number of aliphatic carboxylic acids is 1. The fourth-order valence-electron chi connectivity index (χ4n) is 9.56. The molecule has 0 aromatic rings. The highest BCUT2D eigenvalue weighted by atomic mass is 16.4. The molecule has 518 valence electrons. The van der Waals surface area contributed by atoms with Gasteiger partial charge in [-0.1, -0.05) is 41.5 Å². The SMILES string of the molecule is CC(C)C[C@H](NC(=O)[C@@H]1CCCN1C(=O)[C@H](CO)NC(=O)[C@H](C)NC(=O)[C@H](CCC(=O)O)NC(=O)[C@H](C)NC(=O)[C@H](CCC(N)=O)NC(=O)[C@H](C)NC(=O)[C@H](CO)NC(=O)[C@@H]1CCCN1C(=O)[C@H](CO)NC(=O)CNC(=O)[C@@H](NC(=O)[C@@H](N)C(C)C)C(C)C)C(N)=O. The minimum atomic E-state index is -1.76. The minimum Gasteiger partial charge on any atom is -0.481 e. The molecule has 2 aliphatic rings. The molecule has 2 rings (SSSR count). The number of nitrogens with zero attached hydrogens (tertiary/aromatic N) is 2. The summed E-state index contributed by atoms with van der Waals surface area (Å²) in [7, 11) is 0. The lowest BCUT2D eigenvalue weighted by Crippen LogP contribution is -2.60. The maximum Gasteiger partial charge on any atom is 0.303 e. The largest absolute Gasteiger partial charge is 0.481 e. The van der Waals surface area contributed by atoms with Gasteiger partial charge in [-0.2, -0.15) is 0 Å². The predicted octanol–water partition coefficient (Wildman–Crippen LogP) is -8.73. The third-order valence-corrected chi connectivity index (χ3v) is 15.0. The van der Waals surface area contributed by atoms with Crippen molar-refractivity contribution in [1.82, 2.24) is 68.3 Å². The molecule has 0 aromatic carbocycles. The molecule has 36 heteroatoms. The maximum atomic E-state index is 13.7. The van der Waals surface area contributed by atoms with Crippen LogP contribution in [-0.2, 0) is 76.7 Å². The molecule has 36 nitrogen and oxygen atoms in total. The van der Waals surface area contributed by atoms with E-state index in [2.05, 4.69) is 58.5 Å². The molecule has 13 atom stereocenters. The van der Waals surface area contributed by atoms with Crippen LogP contribution in [0.15, 0.2) is 0 Å². The number of aliphatic hydroxyl groups is 3. The van der Waals surface area contributed by atoms with Gasteiger partial charge in [-0.25, -0.2) is 0 Å². The first-order chi connectivity index (χ1) is 43.0. The summed E-state index contributed by atoms with van der Waals surface area (Å²) in [6.07, 6.45) is -1.20. The number of rotatable bonds is 38. The average molecular weight is 1310 g/mol. The van der Waals surface area contributed by atoms with Gasteiger partial charge in [-0.05, 0) is 83.5 Å². The smallest absolute Gasteiger partial charge is 0.303 e. The van der Waals surface area contributed by atoms with E-state index in [0.29, 0.717) is 6.42 Å². The Hall–Kier alpha value is -8.64. The quantitative estimate of drug-likeness (QED) is 0.0273. The third-order valence-electron chi connectivity index (χ3n) is 15.0. The van der Waals surface area contributed by atoms with Crippen molar-refractivity contribution >= 4 is 94.6 Å². The van der Waals surface area contributed by atoms with Gasteiger partial charge >= 0.3 is 5.97 Å². The van der Waals surface area contributed by atoms with Crippen LogP contribution in [0, 0.1) is 17.8 Å². The van der Waals surface area contributed by atoms with Crippen molar-refractivity contribution in [3.63, 3.8) is 0 Å². The summed E-state index contributed by atoms with van der Waals surface area (Å²) in [5.74, 6) is -16.0. The number of amides is 15. The van der Waals surface area contributed by atoms with Gasteiger partial charge in [0.1, 0.15) is 72.5 Å². The van der Waals surface area contributed by atoms with Crippen molar-refractivity contribution in [3.8, 4) is 0 Å². The van der Waals surface area contributed by atoms with Crippen molar-refractivity contribution in [3.05, 3.63) is 0 Å². The van der Waals surface area contributed by atoms with Gasteiger partial charge in [0.15, 0.2) is 0 Å². The molecule has 0 unspecified atom stereocenters. The molecule has 2 fully saturated rings. The number of carboxylic acids is 1. The van der Waals surface area contributed by atoms with Crippen LogP contribution in [0.3, 0.4) is 0 Å². The first-order valence-electron chi connectivity index (χ1n) is 30.3. The number of nitrogens with one attached hydrogen (secondary N) is 11. The number of hydrogen-bond donors (Lipinski definition) is 18. The van der Waals surface area contributed by atoms with Gasteiger partial charge in [0, 0.05) is 25.9 Å². The minimum absolute atomic E-state index is 0.0224. The van der Waals surface area contributed by atoms with Gasteiger partial charge in [-0.15, -0.1) is 0 Å². The van der Waals surface area contributed by atoms with E-state index in [1.807, 2.05) is 13.8 Å². The molecule has 2 heterocycles. The zero-order valence-corrected chi connectivity index (χ0v) is 53.3. The lowest BCUT2D eigenvalue weighted by molar-refractivity contribution is -0.143. The number of aliphatic hydroxyl groups excluding tert-OH is 3. The first-order valence-corrected chi connectivity index (χ1v) is 30.3. The van der Waals surface area contributed by atoms with Crippen LogP contribution >= 0.6 is 0 Å². The summed E-state index contributed by atoms with van der Waals surface area (Å²) < 4.78 is 0. The molecule has 92 heavy (non-hydrogen) atoms. The Labute approximate surface area is 531 Å². The standard InChI is InChI=1S/C56H94N16O20/c1-25(2)20-33(44(59)80)67-51(87)37-12-10-19-72(37)56(92)36(24-75)69-47(83)30(9)62-49(85)32(15-17-41(78)79)66-45(81)28(7)61-48(84)31(14-16-39(57)76)65-46(82)29(8)63-50(86)34(22-73)68-52(88)38-13-11-18-71(38)55(91)35(23-74)64-40(77)21-60-54(90)43(27(5)6)70-53(89)42(58)26(3)4/h25-38,42-43,73-75H,10-24,58H2,1-9H3,(H2,57,76)(H2,59,80)(H,60,90)(H,61,84)(H,62,85)(H,63,86)(H,64,77)(H,65,82)(H,66,81)(H,67,87)(H,68,88)(H,69,83)(H,70,89)(H,78,79)/t28-,29-,30-,31-,32-,33-,34-,35-,36-,37-,38-,42-,43-/m0/s1. The molecule has 15 amide bonds. The van der Waals surface area contributed by atoms with Crippen molar-refractivity contribution in [1.29, 1.82) is 0 Å². The van der Waals surface area contributed by atoms with Gasteiger partial charge in [0.05, 0.1) is 32.4 Å². The Balaban J connectivity index is 2.10. The Morgan fingerprint density at radius 3 is 1.24 bits per heavy atom. The highest BCUT2D eigenvalue weighted by Gasteiger charge is 2.42. The third kappa shape index (κ3) is 25.2. The number of carboxylic acid groups (broad SMARTS) is 1. The van der Waals surface area contributed by atoms with E-state index in [-0.39, 0.29) is 50.6 Å². The second-order valence-corrected chi connectivity index (χ2v) is 23.7. The second kappa shape index (κ2) is 38.3.